The van der Waals surface area contributed by atoms with Crippen molar-refractivity contribution in [2.45, 2.75) is 20.5 Å². The van der Waals surface area contributed by atoms with E-state index in [0.29, 0.717) is 6.61 Å². The average Bonchev–Trinajstić information content (AvgIpc) is 3.27. The Balaban J connectivity index is 1.36. The number of anilines is 1. The lowest BCUT2D eigenvalue weighted by Crippen LogP contribution is -2.00. The van der Waals surface area contributed by atoms with Crippen LogP contribution in [0, 0.1) is 6.92 Å². The van der Waals surface area contributed by atoms with Crippen molar-refractivity contribution in [1.29, 1.82) is 0 Å². The summed E-state index contributed by atoms with van der Waals surface area (Å²) in [6.07, 6.45) is 0. The van der Waals surface area contributed by atoms with Crippen LogP contribution in [-0.2, 0) is 6.61 Å². The number of hydrogen-bond donors (Lipinski definition) is 1. The molecule has 4 aromatic rings. The van der Waals surface area contributed by atoms with E-state index in [9.17, 15) is 0 Å². The molecule has 0 saturated carbocycles. The Morgan fingerprint density at radius 1 is 0.967 bits per heavy atom. The highest BCUT2D eigenvalue weighted by molar-refractivity contribution is 7.14. The minimum atomic E-state index is 0.558. The maximum atomic E-state index is 5.84. The monoisotopic (exact) mass is 413 g/mol. The van der Waals surface area contributed by atoms with Gasteiger partial charge in [0.25, 0.3) is 0 Å². The van der Waals surface area contributed by atoms with Crippen molar-refractivity contribution in [1.82, 2.24) is 4.98 Å². The normalized spacial score (nSPS) is 11.3. The third-order valence-corrected chi connectivity index (χ3v) is 5.44. The van der Waals surface area contributed by atoms with Crippen LogP contribution < -0.4 is 10.2 Å². The second-order valence-corrected chi connectivity index (χ2v) is 7.87. The fourth-order valence-corrected chi connectivity index (χ4v) is 3.57. The van der Waals surface area contributed by atoms with Crippen molar-refractivity contribution >= 4 is 22.2 Å². The summed E-state index contributed by atoms with van der Waals surface area (Å²) in [5, 5.41) is 7.29. The Morgan fingerprint density at radius 2 is 1.70 bits per heavy atom. The van der Waals surface area contributed by atoms with Gasteiger partial charge in [0.2, 0.25) is 5.13 Å². The average molecular weight is 414 g/mol. The summed E-state index contributed by atoms with van der Waals surface area (Å²) in [5.41, 5.74) is 9.44. The lowest BCUT2D eigenvalue weighted by atomic mass is 10.1. The molecule has 0 aliphatic carbocycles. The summed E-state index contributed by atoms with van der Waals surface area (Å²) >= 11 is 1.54. The quantitative estimate of drug-likeness (QED) is 0.277. The number of rotatable bonds is 7. The molecule has 1 heterocycles. The summed E-state index contributed by atoms with van der Waals surface area (Å²) in [5.74, 6) is 0.839. The van der Waals surface area contributed by atoms with E-state index in [1.54, 1.807) is 11.3 Å². The van der Waals surface area contributed by atoms with Crippen LogP contribution in [0.1, 0.15) is 23.6 Å². The van der Waals surface area contributed by atoms with Gasteiger partial charge in [-0.25, -0.2) is 4.98 Å². The van der Waals surface area contributed by atoms with E-state index in [2.05, 4.69) is 58.8 Å². The first-order valence-electron chi connectivity index (χ1n) is 9.77. The van der Waals surface area contributed by atoms with Gasteiger partial charge in [0.1, 0.15) is 12.4 Å². The van der Waals surface area contributed by atoms with Gasteiger partial charge in [0, 0.05) is 10.9 Å². The number of thiazole rings is 1. The van der Waals surface area contributed by atoms with Gasteiger partial charge >= 0.3 is 0 Å². The second-order valence-electron chi connectivity index (χ2n) is 7.01. The van der Waals surface area contributed by atoms with Crippen molar-refractivity contribution in [2.24, 2.45) is 5.10 Å². The molecule has 0 fully saturated rings. The fraction of sp³-hybridized carbons (Fsp3) is 0.120. The van der Waals surface area contributed by atoms with Crippen LogP contribution in [0.15, 0.2) is 89.3 Å². The van der Waals surface area contributed by atoms with Crippen molar-refractivity contribution in [3.8, 4) is 17.0 Å². The van der Waals surface area contributed by atoms with Crippen molar-refractivity contribution in [3.63, 3.8) is 0 Å². The molecule has 0 spiro atoms. The molecule has 0 atom stereocenters. The van der Waals surface area contributed by atoms with Crippen LogP contribution >= 0.6 is 11.3 Å². The molecule has 0 saturated heterocycles. The van der Waals surface area contributed by atoms with Crippen LogP contribution in [0.2, 0.25) is 0 Å². The molecule has 3 aromatic carbocycles. The van der Waals surface area contributed by atoms with Gasteiger partial charge in [-0.1, -0.05) is 60.2 Å². The largest absolute Gasteiger partial charge is 0.489 e. The summed E-state index contributed by atoms with van der Waals surface area (Å²) in [6.45, 7) is 4.61. The molecule has 0 bridgehead atoms. The number of aryl methyl sites for hydroxylation is 1. The van der Waals surface area contributed by atoms with E-state index in [-0.39, 0.29) is 0 Å². The molecule has 4 nitrogen and oxygen atoms in total. The molecule has 1 N–H and O–H groups in total. The zero-order chi connectivity index (χ0) is 20.8. The van der Waals surface area contributed by atoms with Gasteiger partial charge < -0.3 is 4.74 Å². The highest BCUT2D eigenvalue weighted by atomic mass is 32.1. The third-order valence-electron chi connectivity index (χ3n) is 4.69. The maximum absolute atomic E-state index is 5.84. The molecule has 4 rings (SSSR count). The number of ether oxygens (including phenoxy) is 1. The molecule has 0 amide bonds. The number of benzene rings is 3. The lowest BCUT2D eigenvalue weighted by molar-refractivity contribution is 0.306. The molecule has 0 aliphatic rings. The number of aromatic nitrogens is 1. The van der Waals surface area contributed by atoms with Gasteiger partial charge in [-0.15, -0.1) is 11.3 Å². The van der Waals surface area contributed by atoms with E-state index in [1.165, 1.54) is 5.56 Å². The smallest absolute Gasteiger partial charge is 0.203 e. The van der Waals surface area contributed by atoms with E-state index in [4.69, 9.17) is 4.74 Å². The van der Waals surface area contributed by atoms with Crippen molar-refractivity contribution in [2.75, 3.05) is 5.43 Å². The molecule has 30 heavy (non-hydrogen) atoms. The second kappa shape index (κ2) is 9.37. The van der Waals surface area contributed by atoms with E-state index in [0.717, 1.165) is 39.0 Å². The Labute approximate surface area is 180 Å². The predicted octanol–water partition coefficient (Wildman–Crippen LogP) is 6.53. The summed E-state index contributed by atoms with van der Waals surface area (Å²) in [7, 11) is 0. The molecular formula is C25H23N3OS. The number of hydrogen-bond acceptors (Lipinski definition) is 5. The number of nitrogens with one attached hydrogen (secondary N) is 1. The molecule has 150 valence electrons. The lowest BCUT2D eigenvalue weighted by Gasteiger charge is -2.07. The van der Waals surface area contributed by atoms with Crippen LogP contribution in [0.4, 0.5) is 5.13 Å². The van der Waals surface area contributed by atoms with Gasteiger partial charge in [0.15, 0.2) is 0 Å². The van der Waals surface area contributed by atoms with Crippen molar-refractivity contribution in [3.05, 3.63) is 101 Å². The fourth-order valence-electron chi connectivity index (χ4n) is 2.91. The molecule has 5 heteroatoms. The van der Waals surface area contributed by atoms with Gasteiger partial charge in [-0.3, -0.25) is 5.43 Å². The van der Waals surface area contributed by atoms with E-state index < -0.39 is 0 Å². The van der Waals surface area contributed by atoms with Crippen molar-refractivity contribution < 1.29 is 4.74 Å². The van der Waals surface area contributed by atoms with Gasteiger partial charge in [0.05, 0.1) is 11.4 Å². The first kappa shape index (κ1) is 19.9. The Bertz CT molecular complexity index is 1120. The molecular weight excluding hydrogens is 390 g/mol. The highest BCUT2D eigenvalue weighted by Crippen LogP contribution is 2.25. The zero-order valence-electron chi connectivity index (χ0n) is 17.0. The highest BCUT2D eigenvalue weighted by Gasteiger charge is 2.05. The topological polar surface area (TPSA) is 46.5 Å². The maximum Gasteiger partial charge on any atom is 0.203 e. The molecule has 0 unspecified atom stereocenters. The van der Waals surface area contributed by atoms with Gasteiger partial charge in [-0.2, -0.15) is 5.10 Å². The Hall–Kier alpha value is -3.44. The first-order valence-corrected chi connectivity index (χ1v) is 10.7. The first-order chi connectivity index (χ1) is 14.7. The standard InChI is InChI=1S/C25H23N3OS/c1-18-8-10-22(11-9-18)24-17-30-25(26-24)28-27-19(2)21-12-14-23(15-13-21)29-16-20-6-4-3-5-7-20/h3-15,17H,16H2,1-2H3,(H,26,28)/b27-19+. The van der Waals surface area contributed by atoms with Crippen LogP contribution in [-0.4, -0.2) is 10.7 Å². The number of nitrogens with zero attached hydrogens (tertiary/aromatic N) is 2. The minimum absolute atomic E-state index is 0.558. The SMILES string of the molecule is C/C(=N\Nc1nc(-c2ccc(C)cc2)cs1)c1ccc(OCc2ccccc2)cc1. The minimum Gasteiger partial charge on any atom is -0.489 e. The van der Waals surface area contributed by atoms with Crippen LogP contribution in [0.3, 0.4) is 0 Å². The van der Waals surface area contributed by atoms with Crippen LogP contribution in [0.25, 0.3) is 11.3 Å². The Morgan fingerprint density at radius 3 is 2.43 bits per heavy atom. The van der Waals surface area contributed by atoms with Gasteiger partial charge in [-0.05, 0) is 49.2 Å². The molecule has 1 aromatic heterocycles. The molecule has 0 radical (unpaired) electrons. The van der Waals surface area contributed by atoms with E-state index >= 15 is 0 Å². The predicted molar refractivity (Wildman–Crippen MR) is 125 cm³/mol. The summed E-state index contributed by atoms with van der Waals surface area (Å²) < 4.78 is 5.84. The zero-order valence-corrected chi connectivity index (χ0v) is 17.8. The molecule has 0 aliphatic heterocycles. The van der Waals surface area contributed by atoms with E-state index in [1.807, 2.05) is 54.8 Å². The summed E-state index contributed by atoms with van der Waals surface area (Å²) in [4.78, 5) is 4.62. The number of hydrazone groups is 1. The third kappa shape index (κ3) is 5.13. The summed E-state index contributed by atoms with van der Waals surface area (Å²) in [6, 6.07) is 26.5. The van der Waals surface area contributed by atoms with Crippen LogP contribution in [0.5, 0.6) is 5.75 Å². The Kier molecular flexibility index (Phi) is 6.20.